The lowest BCUT2D eigenvalue weighted by molar-refractivity contribution is 0.380. The summed E-state index contributed by atoms with van der Waals surface area (Å²) < 4.78 is 0. The summed E-state index contributed by atoms with van der Waals surface area (Å²) >= 11 is 0. The molecule has 1 atom stereocenters. The summed E-state index contributed by atoms with van der Waals surface area (Å²) in [5.74, 6) is 0. The number of unbranched alkanes of at least 4 members (excludes halogenated alkanes) is 1. The average molecular weight is 230 g/mol. The molecule has 1 unspecified atom stereocenters. The Bertz CT molecular complexity index is 386. The molecule has 92 valence electrons. The van der Waals surface area contributed by atoms with Crippen LogP contribution in [0.5, 0.6) is 0 Å². The van der Waals surface area contributed by atoms with E-state index in [9.17, 15) is 0 Å². The smallest absolute Gasteiger partial charge is 0.0713 e. The molecule has 0 spiro atoms. The average Bonchev–Trinajstić information content (AvgIpc) is 2.74. The van der Waals surface area contributed by atoms with E-state index in [1.165, 1.54) is 30.6 Å². The van der Waals surface area contributed by atoms with Gasteiger partial charge in [-0.2, -0.15) is 0 Å². The third-order valence-corrected chi connectivity index (χ3v) is 3.76. The van der Waals surface area contributed by atoms with Gasteiger partial charge in [-0.1, -0.05) is 25.8 Å². The maximum Gasteiger partial charge on any atom is 0.0713 e. The van der Waals surface area contributed by atoms with Crippen LogP contribution in [0.1, 0.15) is 44.7 Å². The van der Waals surface area contributed by atoms with E-state index in [0.717, 1.165) is 19.4 Å². The summed E-state index contributed by atoms with van der Waals surface area (Å²) in [6, 6.07) is 4.15. The van der Waals surface area contributed by atoms with E-state index in [1.54, 1.807) is 0 Å². The SMILES string of the molecule is C=CCCC1(CCCC)CNc2cccnc21. The maximum absolute atomic E-state index is 4.62. The molecule has 1 aromatic rings. The van der Waals surface area contributed by atoms with Gasteiger partial charge in [0.05, 0.1) is 11.4 Å². The normalized spacial score (nSPS) is 21.9. The molecule has 1 aliphatic rings. The molecule has 0 amide bonds. The highest BCUT2D eigenvalue weighted by molar-refractivity contribution is 5.56. The van der Waals surface area contributed by atoms with Crippen LogP contribution in [0.2, 0.25) is 0 Å². The number of hydrogen-bond donors (Lipinski definition) is 1. The number of pyridine rings is 1. The second kappa shape index (κ2) is 5.35. The number of anilines is 1. The Morgan fingerprint density at radius 2 is 2.41 bits per heavy atom. The topological polar surface area (TPSA) is 24.9 Å². The van der Waals surface area contributed by atoms with Crippen molar-refractivity contribution in [2.24, 2.45) is 0 Å². The molecule has 1 aliphatic heterocycles. The molecule has 0 fully saturated rings. The van der Waals surface area contributed by atoms with Crippen molar-refractivity contribution in [2.45, 2.75) is 44.4 Å². The van der Waals surface area contributed by atoms with Crippen molar-refractivity contribution in [1.82, 2.24) is 4.98 Å². The number of fused-ring (bicyclic) bond motifs is 1. The van der Waals surface area contributed by atoms with Crippen molar-refractivity contribution in [3.63, 3.8) is 0 Å². The van der Waals surface area contributed by atoms with Crippen LogP contribution in [0.3, 0.4) is 0 Å². The van der Waals surface area contributed by atoms with Crippen LogP contribution < -0.4 is 5.32 Å². The van der Waals surface area contributed by atoms with E-state index in [2.05, 4.69) is 29.9 Å². The Hall–Kier alpha value is -1.31. The van der Waals surface area contributed by atoms with Crippen molar-refractivity contribution in [2.75, 3.05) is 11.9 Å². The van der Waals surface area contributed by atoms with E-state index < -0.39 is 0 Å². The first-order chi connectivity index (χ1) is 8.32. The van der Waals surface area contributed by atoms with Gasteiger partial charge in [0.2, 0.25) is 0 Å². The van der Waals surface area contributed by atoms with Crippen LogP contribution in [0, 0.1) is 0 Å². The third-order valence-electron chi connectivity index (χ3n) is 3.76. The lowest BCUT2D eigenvalue weighted by atomic mass is 9.77. The summed E-state index contributed by atoms with van der Waals surface area (Å²) in [6.07, 6.45) is 9.92. The highest BCUT2D eigenvalue weighted by Gasteiger charge is 2.38. The zero-order valence-electron chi connectivity index (χ0n) is 10.7. The first-order valence-corrected chi connectivity index (χ1v) is 6.62. The van der Waals surface area contributed by atoms with Gasteiger partial charge in [0, 0.05) is 18.2 Å². The Morgan fingerprint density at radius 3 is 3.18 bits per heavy atom. The standard InChI is InChI=1S/C15H22N2/c1-3-5-9-15(10-6-4-2)12-17-13-8-7-11-16-14(13)15/h3,7-8,11,17H,1,4-6,9-10,12H2,2H3. The Labute approximate surface area is 104 Å². The quantitative estimate of drug-likeness (QED) is 0.750. The van der Waals surface area contributed by atoms with Gasteiger partial charge in [-0.3, -0.25) is 4.98 Å². The fourth-order valence-electron chi connectivity index (χ4n) is 2.75. The molecule has 0 bridgehead atoms. The predicted octanol–water partition coefficient (Wildman–Crippen LogP) is 3.90. The van der Waals surface area contributed by atoms with Crippen molar-refractivity contribution >= 4 is 5.69 Å². The van der Waals surface area contributed by atoms with Crippen molar-refractivity contribution < 1.29 is 0 Å². The summed E-state index contributed by atoms with van der Waals surface area (Å²) in [7, 11) is 0. The fraction of sp³-hybridized carbons (Fsp3) is 0.533. The monoisotopic (exact) mass is 230 g/mol. The Kier molecular flexibility index (Phi) is 3.82. The number of allylic oxidation sites excluding steroid dienone is 1. The fourth-order valence-corrected chi connectivity index (χ4v) is 2.75. The third kappa shape index (κ3) is 2.36. The molecule has 0 saturated heterocycles. The predicted molar refractivity (Wildman–Crippen MR) is 73.4 cm³/mol. The van der Waals surface area contributed by atoms with E-state index >= 15 is 0 Å². The minimum absolute atomic E-state index is 0.237. The second-order valence-electron chi connectivity index (χ2n) is 4.96. The van der Waals surface area contributed by atoms with Gasteiger partial charge in [-0.05, 0) is 31.4 Å². The molecule has 0 aliphatic carbocycles. The van der Waals surface area contributed by atoms with Crippen LogP contribution in [-0.4, -0.2) is 11.5 Å². The van der Waals surface area contributed by atoms with Gasteiger partial charge in [-0.25, -0.2) is 0 Å². The molecule has 2 heterocycles. The number of nitrogens with zero attached hydrogens (tertiary/aromatic N) is 1. The zero-order valence-corrected chi connectivity index (χ0v) is 10.7. The Balaban J connectivity index is 2.25. The van der Waals surface area contributed by atoms with Crippen LogP contribution in [-0.2, 0) is 5.41 Å². The molecule has 2 heteroatoms. The molecule has 1 aromatic heterocycles. The van der Waals surface area contributed by atoms with Gasteiger partial charge < -0.3 is 5.32 Å². The van der Waals surface area contributed by atoms with Crippen LogP contribution in [0.15, 0.2) is 31.0 Å². The highest BCUT2D eigenvalue weighted by Crippen LogP contribution is 2.42. The van der Waals surface area contributed by atoms with Crippen molar-refractivity contribution in [3.8, 4) is 0 Å². The number of aromatic nitrogens is 1. The van der Waals surface area contributed by atoms with E-state index in [4.69, 9.17) is 0 Å². The zero-order chi connectivity index (χ0) is 12.1. The second-order valence-corrected chi connectivity index (χ2v) is 4.96. The van der Waals surface area contributed by atoms with Gasteiger partial charge in [-0.15, -0.1) is 6.58 Å². The lowest BCUT2D eigenvalue weighted by Crippen LogP contribution is -2.29. The minimum atomic E-state index is 0.237. The molecular weight excluding hydrogens is 208 g/mol. The van der Waals surface area contributed by atoms with Gasteiger partial charge in [0.15, 0.2) is 0 Å². The molecule has 2 rings (SSSR count). The van der Waals surface area contributed by atoms with Gasteiger partial charge in [0.1, 0.15) is 0 Å². The van der Waals surface area contributed by atoms with Crippen LogP contribution in [0.4, 0.5) is 5.69 Å². The van der Waals surface area contributed by atoms with Gasteiger partial charge in [0.25, 0.3) is 0 Å². The largest absolute Gasteiger partial charge is 0.383 e. The molecule has 1 N–H and O–H groups in total. The first kappa shape index (κ1) is 12.2. The number of hydrogen-bond acceptors (Lipinski definition) is 2. The lowest BCUT2D eigenvalue weighted by Gasteiger charge is -2.28. The molecule has 0 saturated carbocycles. The Morgan fingerprint density at radius 1 is 1.53 bits per heavy atom. The van der Waals surface area contributed by atoms with Crippen LogP contribution in [0.25, 0.3) is 0 Å². The van der Waals surface area contributed by atoms with Crippen molar-refractivity contribution in [1.29, 1.82) is 0 Å². The van der Waals surface area contributed by atoms with Crippen molar-refractivity contribution in [3.05, 3.63) is 36.7 Å². The first-order valence-electron chi connectivity index (χ1n) is 6.62. The maximum atomic E-state index is 4.62. The summed E-state index contributed by atoms with van der Waals surface area (Å²) in [5.41, 5.74) is 2.74. The summed E-state index contributed by atoms with van der Waals surface area (Å²) in [6.45, 7) is 7.14. The van der Waals surface area contributed by atoms with Crippen LogP contribution >= 0.6 is 0 Å². The highest BCUT2D eigenvalue weighted by atomic mass is 15.0. The van der Waals surface area contributed by atoms with E-state index in [-0.39, 0.29) is 5.41 Å². The van der Waals surface area contributed by atoms with E-state index in [1.807, 2.05) is 18.3 Å². The number of rotatable bonds is 6. The molecule has 0 aromatic carbocycles. The summed E-state index contributed by atoms with van der Waals surface area (Å²) in [5, 5.41) is 3.51. The van der Waals surface area contributed by atoms with Gasteiger partial charge >= 0.3 is 0 Å². The number of nitrogens with one attached hydrogen (secondary N) is 1. The molecule has 17 heavy (non-hydrogen) atoms. The molecule has 2 nitrogen and oxygen atoms in total. The minimum Gasteiger partial charge on any atom is -0.383 e. The molecular formula is C15H22N2. The molecule has 0 radical (unpaired) electrons. The summed E-state index contributed by atoms with van der Waals surface area (Å²) in [4.78, 5) is 4.62. The van der Waals surface area contributed by atoms with E-state index in [0.29, 0.717) is 0 Å².